The van der Waals surface area contributed by atoms with Gasteiger partial charge in [-0.2, -0.15) is 0 Å². The lowest BCUT2D eigenvalue weighted by Gasteiger charge is -2.18. The maximum atomic E-state index is 5.42. The van der Waals surface area contributed by atoms with Gasteiger partial charge in [0.15, 0.2) is 0 Å². The molecule has 10 heavy (non-hydrogen) atoms. The van der Waals surface area contributed by atoms with E-state index in [-0.39, 0.29) is 5.60 Å². The average Bonchev–Trinajstić information content (AvgIpc) is 1.81. The summed E-state index contributed by atoms with van der Waals surface area (Å²) >= 11 is 0. The molecule has 0 aliphatic heterocycles. The Labute approximate surface area is 64.1 Å². The topological polar surface area (TPSA) is 9.23 Å². The van der Waals surface area contributed by atoms with Gasteiger partial charge in [0.25, 0.3) is 0 Å². The van der Waals surface area contributed by atoms with Gasteiger partial charge in [-0.25, -0.2) is 0 Å². The van der Waals surface area contributed by atoms with E-state index in [9.17, 15) is 0 Å². The molecule has 0 saturated carbocycles. The van der Waals surface area contributed by atoms with E-state index < -0.39 is 0 Å². The molecule has 0 heterocycles. The van der Waals surface area contributed by atoms with Gasteiger partial charge in [-0.05, 0) is 39.7 Å². The Morgan fingerprint density at radius 1 is 1.40 bits per heavy atom. The van der Waals surface area contributed by atoms with Crippen LogP contribution in [0.2, 0.25) is 0 Å². The van der Waals surface area contributed by atoms with Gasteiger partial charge in [-0.3, -0.25) is 0 Å². The summed E-state index contributed by atoms with van der Waals surface area (Å²) in [4.78, 5) is 0. The average molecular weight is 142 g/mol. The standard InChI is InChI=1S/C9H18O/c1-6-8(2)7-10-9(3,4)5/h7H,6H2,1-5H3/b8-7+. The lowest BCUT2D eigenvalue weighted by atomic mass is 10.2. The fourth-order valence-corrected chi connectivity index (χ4v) is 0.361. The zero-order valence-electron chi connectivity index (χ0n) is 7.69. The van der Waals surface area contributed by atoms with E-state index in [1.165, 1.54) is 5.57 Å². The number of allylic oxidation sites excluding steroid dienone is 1. The minimum absolute atomic E-state index is 0.0452. The third-order valence-corrected chi connectivity index (χ3v) is 1.17. The predicted molar refractivity (Wildman–Crippen MR) is 44.9 cm³/mol. The Morgan fingerprint density at radius 2 is 1.90 bits per heavy atom. The zero-order valence-corrected chi connectivity index (χ0v) is 7.69. The van der Waals surface area contributed by atoms with E-state index in [0.717, 1.165) is 6.42 Å². The number of rotatable bonds is 2. The van der Waals surface area contributed by atoms with Gasteiger partial charge >= 0.3 is 0 Å². The molecule has 0 amide bonds. The van der Waals surface area contributed by atoms with E-state index in [0.29, 0.717) is 0 Å². The lowest BCUT2D eigenvalue weighted by Crippen LogP contribution is -2.15. The molecule has 60 valence electrons. The molecule has 1 heteroatoms. The molecule has 0 aliphatic carbocycles. The number of ether oxygens (including phenoxy) is 1. The SMILES string of the molecule is CC/C(C)=C/OC(C)(C)C. The molecule has 0 atom stereocenters. The van der Waals surface area contributed by atoms with Crippen LogP contribution in [0, 0.1) is 0 Å². The van der Waals surface area contributed by atoms with Crippen LogP contribution in [0.15, 0.2) is 11.8 Å². The zero-order chi connectivity index (χ0) is 8.20. The second-order valence-electron chi connectivity index (χ2n) is 3.55. The maximum Gasteiger partial charge on any atom is 0.0998 e. The molecule has 0 aliphatic rings. The highest BCUT2D eigenvalue weighted by Crippen LogP contribution is 2.09. The van der Waals surface area contributed by atoms with Crippen molar-refractivity contribution in [3.63, 3.8) is 0 Å². The maximum absolute atomic E-state index is 5.42. The molecular weight excluding hydrogens is 124 g/mol. The normalized spacial score (nSPS) is 13.5. The van der Waals surface area contributed by atoms with Gasteiger partial charge in [0.05, 0.1) is 11.9 Å². The summed E-state index contributed by atoms with van der Waals surface area (Å²) in [5.74, 6) is 0. The van der Waals surface area contributed by atoms with Crippen molar-refractivity contribution in [3.05, 3.63) is 11.8 Å². The minimum Gasteiger partial charge on any atom is -0.496 e. The van der Waals surface area contributed by atoms with Gasteiger partial charge in [-0.15, -0.1) is 0 Å². The molecule has 0 unspecified atom stereocenters. The van der Waals surface area contributed by atoms with Gasteiger partial charge in [0.1, 0.15) is 0 Å². The highest BCUT2D eigenvalue weighted by molar-refractivity contribution is 4.92. The van der Waals surface area contributed by atoms with Crippen molar-refractivity contribution in [2.24, 2.45) is 0 Å². The summed E-state index contributed by atoms with van der Waals surface area (Å²) in [7, 11) is 0. The van der Waals surface area contributed by atoms with E-state index in [1.54, 1.807) is 0 Å². The van der Waals surface area contributed by atoms with Gasteiger partial charge in [0, 0.05) is 0 Å². The van der Waals surface area contributed by atoms with E-state index >= 15 is 0 Å². The second kappa shape index (κ2) is 3.65. The predicted octanol–water partition coefficient (Wildman–Crippen LogP) is 3.12. The monoisotopic (exact) mass is 142 g/mol. The quantitative estimate of drug-likeness (QED) is 0.538. The molecule has 0 aromatic heterocycles. The summed E-state index contributed by atoms with van der Waals surface area (Å²) in [6.45, 7) is 10.3. The van der Waals surface area contributed by atoms with Crippen LogP contribution in [0.25, 0.3) is 0 Å². The van der Waals surface area contributed by atoms with Gasteiger partial charge < -0.3 is 4.74 Å². The first-order valence-corrected chi connectivity index (χ1v) is 3.79. The fourth-order valence-electron chi connectivity index (χ4n) is 0.361. The third kappa shape index (κ3) is 5.67. The first kappa shape index (κ1) is 9.54. The summed E-state index contributed by atoms with van der Waals surface area (Å²) in [6.07, 6.45) is 2.91. The molecule has 0 N–H and O–H groups in total. The van der Waals surface area contributed by atoms with Crippen molar-refractivity contribution in [2.75, 3.05) is 0 Å². The van der Waals surface area contributed by atoms with Crippen molar-refractivity contribution in [1.82, 2.24) is 0 Å². The molecule has 0 aromatic carbocycles. The Morgan fingerprint density at radius 3 is 2.20 bits per heavy atom. The molecule has 1 nitrogen and oxygen atoms in total. The smallest absolute Gasteiger partial charge is 0.0998 e. The largest absolute Gasteiger partial charge is 0.496 e. The summed E-state index contributed by atoms with van der Waals surface area (Å²) < 4.78 is 5.42. The van der Waals surface area contributed by atoms with Crippen LogP contribution in [0.1, 0.15) is 41.0 Å². The van der Waals surface area contributed by atoms with Crippen LogP contribution in [0.5, 0.6) is 0 Å². The molecule has 0 fully saturated rings. The van der Waals surface area contributed by atoms with Crippen LogP contribution < -0.4 is 0 Å². The molecule has 0 rings (SSSR count). The van der Waals surface area contributed by atoms with Crippen LogP contribution >= 0.6 is 0 Å². The third-order valence-electron chi connectivity index (χ3n) is 1.17. The van der Waals surface area contributed by atoms with E-state index in [2.05, 4.69) is 13.8 Å². The van der Waals surface area contributed by atoms with Crippen molar-refractivity contribution < 1.29 is 4.74 Å². The Bertz CT molecular complexity index is 117. The fraction of sp³-hybridized carbons (Fsp3) is 0.778. The van der Waals surface area contributed by atoms with Crippen LogP contribution in [0.3, 0.4) is 0 Å². The highest BCUT2D eigenvalue weighted by atomic mass is 16.5. The van der Waals surface area contributed by atoms with Crippen molar-refractivity contribution in [2.45, 2.75) is 46.6 Å². The molecular formula is C9H18O. The Kier molecular flexibility index (Phi) is 3.48. The first-order chi connectivity index (χ1) is 4.45. The highest BCUT2D eigenvalue weighted by Gasteiger charge is 2.07. The molecule has 0 saturated heterocycles. The van der Waals surface area contributed by atoms with Crippen molar-refractivity contribution >= 4 is 0 Å². The second-order valence-corrected chi connectivity index (χ2v) is 3.55. The molecule has 0 radical (unpaired) electrons. The van der Waals surface area contributed by atoms with Gasteiger partial charge in [0.2, 0.25) is 0 Å². The molecule has 0 bridgehead atoms. The van der Waals surface area contributed by atoms with Crippen molar-refractivity contribution in [1.29, 1.82) is 0 Å². The summed E-state index contributed by atoms with van der Waals surface area (Å²) in [5.41, 5.74) is 1.24. The van der Waals surface area contributed by atoms with Crippen molar-refractivity contribution in [3.8, 4) is 0 Å². The van der Waals surface area contributed by atoms with Crippen LogP contribution in [-0.4, -0.2) is 5.60 Å². The van der Waals surface area contributed by atoms with Crippen LogP contribution in [0.4, 0.5) is 0 Å². The van der Waals surface area contributed by atoms with Crippen LogP contribution in [-0.2, 0) is 4.74 Å². The lowest BCUT2D eigenvalue weighted by molar-refractivity contribution is 0.0748. The Hall–Kier alpha value is -0.460. The van der Waals surface area contributed by atoms with E-state index in [4.69, 9.17) is 4.74 Å². The number of hydrogen-bond donors (Lipinski definition) is 0. The molecule has 0 spiro atoms. The minimum atomic E-state index is -0.0452. The summed E-state index contributed by atoms with van der Waals surface area (Å²) in [6, 6.07) is 0. The first-order valence-electron chi connectivity index (χ1n) is 3.79. The van der Waals surface area contributed by atoms with Gasteiger partial charge in [-0.1, -0.05) is 6.92 Å². The molecule has 0 aromatic rings. The van der Waals surface area contributed by atoms with E-state index in [1.807, 2.05) is 27.0 Å². The summed E-state index contributed by atoms with van der Waals surface area (Å²) in [5, 5.41) is 0. The number of hydrogen-bond acceptors (Lipinski definition) is 1. The Balaban J connectivity index is 3.73.